The first kappa shape index (κ1) is 12.6. The summed E-state index contributed by atoms with van der Waals surface area (Å²) >= 11 is 6.25. The summed E-state index contributed by atoms with van der Waals surface area (Å²) in [6.45, 7) is 4.00. The van der Waals surface area contributed by atoms with Crippen molar-refractivity contribution in [3.05, 3.63) is 34.6 Å². The van der Waals surface area contributed by atoms with E-state index in [-0.39, 0.29) is 6.04 Å². The second kappa shape index (κ2) is 5.28. The van der Waals surface area contributed by atoms with E-state index in [2.05, 4.69) is 15.5 Å². The standard InChI is InChI=1S/C13H14ClN3O2/c1-8-3-2-4-9(11(8)14)13-16-12(17-19-13)10-7-18-6-5-15-10/h2-4,10,15H,5-7H2,1H3. The molecule has 5 nitrogen and oxygen atoms in total. The van der Waals surface area contributed by atoms with Crippen molar-refractivity contribution in [1.82, 2.24) is 15.5 Å². The average Bonchev–Trinajstić information content (AvgIpc) is 2.92. The molecule has 2 aromatic rings. The molecule has 0 spiro atoms. The van der Waals surface area contributed by atoms with Crippen molar-refractivity contribution in [1.29, 1.82) is 0 Å². The summed E-state index contributed by atoms with van der Waals surface area (Å²) in [5.41, 5.74) is 1.75. The highest BCUT2D eigenvalue weighted by molar-refractivity contribution is 6.33. The van der Waals surface area contributed by atoms with Gasteiger partial charge in [-0.3, -0.25) is 0 Å². The van der Waals surface area contributed by atoms with Crippen molar-refractivity contribution < 1.29 is 9.26 Å². The molecular weight excluding hydrogens is 266 g/mol. The van der Waals surface area contributed by atoms with Gasteiger partial charge in [0.15, 0.2) is 5.82 Å². The fraction of sp³-hybridized carbons (Fsp3) is 0.385. The molecule has 0 aliphatic carbocycles. The smallest absolute Gasteiger partial charge is 0.259 e. The Labute approximate surface area is 115 Å². The number of nitrogens with zero attached hydrogens (tertiary/aromatic N) is 2. The van der Waals surface area contributed by atoms with E-state index >= 15 is 0 Å². The van der Waals surface area contributed by atoms with Gasteiger partial charge < -0.3 is 14.6 Å². The third kappa shape index (κ3) is 2.49. The van der Waals surface area contributed by atoms with Gasteiger partial charge >= 0.3 is 0 Å². The van der Waals surface area contributed by atoms with Crippen LogP contribution >= 0.6 is 11.6 Å². The van der Waals surface area contributed by atoms with Crippen molar-refractivity contribution in [2.24, 2.45) is 0 Å². The van der Waals surface area contributed by atoms with Crippen LogP contribution in [-0.4, -0.2) is 29.9 Å². The van der Waals surface area contributed by atoms with Crippen molar-refractivity contribution in [2.45, 2.75) is 13.0 Å². The zero-order valence-corrected chi connectivity index (χ0v) is 11.3. The van der Waals surface area contributed by atoms with Crippen molar-refractivity contribution >= 4 is 11.6 Å². The predicted octanol–water partition coefficient (Wildman–Crippen LogP) is 2.36. The molecule has 1 aliphatic heterocycles. The molecule has 6 heteroatoms. The third-order valence-corrected chi connectivity index (χ3v) is 3.60. The van der Waals surface area contributed by atoms with E-state index in [9.17, 15) is 0 Å². The minimum absolute atomic E-state index is 0.0187. The van der Waals surface area contributed by atoms with Crippen LogP contribution in [0.3, 0.4) is 0 Å². The molecule has 0 saturated carbocycles. The number of aryl methyl sites for hydroxylation is 1. The summed E-state index contributed by atoms with van der Waals surface area (Å²) in [4.78, 5) is 4.40. The summed E-state index contributed by atoms with van der Waals surface area (Å²) in [7, 11) is 0. The molecular formula is C13H14ClN3O2. The lowest BCUT2D eigenvalue weighted by atomic mass is 10.1. The van der Waals surface area contributed by atoms with Crippen LogP contribution < -0.4 is 5.32 Å². The number of benzene rings is 1. The van der Waals surface area contributed by atoms with Gasteiger partial charge in [0.1, 0.15) is 0 Å². The molecule has 1 aromatic heterocycles. The fourth-order valence-electron chi connectivity index (χ4n) is 2.03. The lowest BCUT2D eigenvalue weighted by Crippen LogP contribution is -2.35. The van der Waals surface area contributed by atoms with Crippen LogP contribution in [0, 0.1) is 6.92 Å². The molecule has 0 amide bonds. The number of aromatic nitrogens is 2. The Morgan fingerprint density at radius 1 is 1.42 bits per heavy atom. The van der Waals surface area contributed by atoms with Crippen LogP contribution in [0.4, 0.5) is 0 Å². The molecule has 2 heterocycles. The molecule has 1 unspecified atom stereocenters. The number of halogens is 1. The molecule has 1 aromatic carbocycles. The van der Waals surface area contributed by atoms with Crippen molar-refractivity contribution in [3.8, 4) is 11.5 Å². The minimum atomic E-state index is -0.0187. The van der Waals surface area contributed by atoms with Crippen molar-refractivity contribution in [2.75, 3.05) is 19.8 Å². The second-order valence-corrected chi connectivity index (χ2v) is 4.85. The van der Waals surface area contributed by atoms with Gasteiger partial charge in [0.05, 0.1) is 29.8 Å². The molecule has 1 atom stereocenters. The summed E-state index contributed by atoms with van der Waals surface area (Å²) < 4.78 is 10.7. The molecule has 0 bridgehead atoms. The van der Waals surface area contributed by atoms with Crippen LogP contribution in [0.15, 0.2) is 22.7 Å². The third-order valence-electron chi connectivity index (χ3n) is 3.10. The first-order chi connectivity index (χ1) is 9.25. The summed E-state index contributed by atoms with van der Waals surface area (Å²) in [6, 6.07) is 5.72. The molecule has 1 N–H and O–H groups in total. The number of ether oxygens (including phenoxy) is 1. The first-order valence-corrected chi connectivity index (χ1v) is 6.53. The van der Waals surface area contributed by atoms with E-state index in [1.165, 1.54) is 0 Å². The number of hydrogen-bond donors (Lipinski definition) is 1. The largest absolute Gasteiger partial charge is 0.378 e. The van der Waals surface area contributed by atoms with E-state index < -0.39 is 0 Å². The van der Waals surface area contributed by atoms with Crippen LogP contribution in [0.5, 0.6) is 0 Å². The second-order valence-electron chi connectivity index (χ2n) is 4.48. The topological polar surface area (TPSA) is 60.2 Å². The maximum Gasteiger partial charge on any atom is 0.259 e. The Balaban J connectivity index is 1.90. The van der Waals surface area contributed by atoms with Gasteiger partial charge in [-0.2, -0.15) is 4.98 Å². The maximum atomic E-state index is 6.25. The average molecular weight is 280 g/mol. The van der Waals surface area contributed by atoms with Crippen LogP contribution in [0.2, 0.25) is 5.02 Å². The van der Waals surface area contributed by atoms with Gasteiger partial charge in [0.25, 0.3) is 5.89 Å². The normalized spacial score (nSPS) is 19.6. The SMILES string of the molecule is Cc1cccc(-c2nc(C3COCCN3)no2)c1Cl. The Bertz CT molecular complexity index is 579. The molecule has 19 heavy (non-hydrogen) atoms. The van der Waals surface area contributed by atoms with Gasteiger partial charge in [-0.25, -0.2) is 0 Å². The maximum absolute atomic E-state index is 6.25. The summed E-state index contributed by atoms with van der Waals surface area (Å²) in [6.07, 6.45) is 0. The highest BCUT2D eigenvalue weighted by Crippen LogP contribution is 2.29. The van der Waals surface area contributed by atoms with Gasteiger partial charge in [-0.05, 0) is 18.6 Å². The molecule has 1 saturated heterocycles. The number of rotatable bonds is 2. The first-order valence-electron chi connectivity index (χ1n) is 6.16. The van der Waals surface area contributed by atoms with E-state index in [0.29, 0.717) is 30.0 Å². The zero-order valence-electron chi connectivity index (χ0n) is 10.5. The van der Waals surface area contributed by atoms with E-state index in [0.717, 1.165) is 17.7 Å². The molecule has 0 radical (unpaired) electrons. The quantitative estimate of drug-likeness (QED) is 0.914. The van der Waals surface area contributed by atoms with Crippen molar-refractivity contribution in [3.63, 3.8) is 0 Å². The van der Waals surface area contributed by atoms with Gasteiger partial charge in [-0.15, -0.1) is 0 Å². The van der Waals surface area contributed by atoms with E-state index in [1.807, 2.05) is 25.1 Å². The lowest BCUT2D eigenvalue weighted by Gasteiger charge is -2.20. The Morgan fingerprint density at radius 2 is 2.32 bits per heavy atom. The lowest BCUT2D eigenvalue weighted by molar-refractivity contribution is 0.0734. The highest BCUT2D eigenvalue weighted by Gasteiger charge is 2.22. The number of nitrogens with one attached hydrogen (secondary N) is 1. The van der Waals surface area contributed by atoms with E-state index in [1.54, 1.807) is 0 Å². The molecule has 3 rings (SSSR count). The monoisotopic (exact) mass is 279 g/mol. The molecule has 1 fully saturated rings. The fourth-order valence-corrected chi connectivity index (χ4v) is 2.24. The minimum Gasteiger partial charge on any atom is -0.378 e. The van der Waals surface area contributed by atoms with Gasteiger partial charge in [-0.1, -0.05) is 28.9 Å². The number of hydrogen-bond acceptors (Lipinski definition) is 5. The Morgan fingerprint density at radius 3 is 3.11 bits per heavy atom. The van der Waals surface area contributed by atoms with Gasteiger partial charge in [0, 0.05) is 6.54 Å². The zero-order chi connectivity index (χ0) is 13.2. The Hall–Kier alpha value is -1.43. The van der Waals surface area contributed by atoms with Gasteiger partial charge in [0.2, 0.25) is 0 Å². The van der Waals surface area contributed by atoms with Crippen LogP contribution in [0.25, 0.3) is 11.5 Å². The molecule has 1 aliphatic rings. The summed E-state index contributed by atoms with van der Waals surface area (Å²) in [5.74, 6) is 1.04. The van der Waals surface area contributed by atoms with E-state index in [4.69, 9.17) is 20.9 Å². The van der Waals surface area contributed by atoms with Crippen LogP contribution in [0.1, 0.15) is 17.4 Å². The summed E-state index contributed by atoms with van der Waals surface area (Å²) in [5, 5.41) is 7.93. The molecule has 100 valence electrons. The number of morpholine rings is 1. The highest BCUT2D eigenvalue weighted by atomic mass is 35.5. The Kier molecular flexibility index (Phi) is 3.50. The van der Waals surface area contributed by atoms with Crippen LogP contribution in [-0.2, 0) is 4.74 Å². The predicted molar refractivity (Wildman–Crippen MR) is 71.0 cm³/mol.